The van der Waals surface area contributed by atoms with Gasteiger partial charge in [0.25, 0.3) is 5.56 Å². The van der Waals surface area contributed by atoms with E-state index in [4.69, 9.17) is 14.5 Å². The number of rotatable bonds is 10. The largest absolute Gasteiger partial charge is 0.508 e. The summed E-state index contributed by atoms with van der Waals surface area (Å²) >= 11 is 0. The first-order valence-electron chi connectivity index (χ1n) is 22.7. The third kappa shape index (κ3) is 6.88. The molecular weight excluding hydrogens is 843 g/mol. The van der Waals surface area contributed by atoms with Crippen LogP contribution in [-0.4, -0.2) is 74.3 Å². The number of ether oxygens (including phenoxy) is 2. The number of likely N-dealkylation sites (tertiary alicyclic amines) is 1. The normalized spacial score (nSPS) is 17.0. The first kappa shape index (κ1) is 42.6. The van der Waals surface area contributed by atoms with Gasteiger partial charge in [-0.05, 0) is 116 Å². The van der Waals surface area contributed by atoms with E-state index in [1.165, 1.54) is 10.6 Å². The Morgan fingerprint density at radius 3 is 2.53 bits per heavy atom. The zero-order chi connectivity index (χ0) is 46.2. The van der Waals surface area contributed by atoms with E-state index in [0.717, 1.165) is 59.6 Å². The van der Waals surface area contributed by atoms with Crippen LogP contribution in [0.1, 0.15) is 93.5 Å². The summed E-state index contributed by atoms with van der Waals surface area (Å²) in [6, 6.07) is 17.5. The molecule has 3 aliphatic rings. The van der Waals surface area contributed by atoms with E-state index < -0.39 is 23.4 Å². The van der Waals surface area contributed by atoms with Gasteiger partial charge < -0.3 is 38.8 Å². The number of H-pyrrole nitrogens is 1. The molecule has 0 radical (unpaired) electrons. The predicted octanol–water partition coefficient (Wildman–Crippen LogP) is 7.71. The molecule has 1 unspecified atom stereocenters. The second-order valence-electron chi connectivity index (χ2n) is 18.0. The molecule has 1 fully saturated rings. The molecule has 0 saturated carbocycles. The van der Waals surface area contributed by atoms with Gasteiger partial charge in [-0.3, -0.25) is 4.79 Å². The quantitative estimate of drug-likeness (QED) is 0.0978. The van der Waals surface area contributed by atoms with Crippen LogP contribution >= 0.6 is 0 Å². The van der Waals surface area contributed by atoms with Crippen LogP contribution in [0.15, 0.2) is 76.4 Å². The number of aromatic amines is 1. The smallest absolute Gasteiger partial charge is 0.411 e. The van der Waals surface area contributed by atoms with E-state index in [1.807, 2.05) is 51.2 Å². The summed E-state index contributed by atoms with van der Waals surface area (Å²) in [5, 5.41) is 39.9. The van der Waals surface area contributed by atoms with Gasteiger partial charge in [0, 0.05) is 59.3 Å². The molecule has 10 rings (SSSR count). The van der Waals surface area contributed by atoms with E-state index in [1.54, 1.807) is 46.7 Å². The number of carbonyl (C=O) groups is 2. The van der Waals surface area contributed by atoms with Gasteiger partial charge in [0.1, 0.15) is 23.9 Å². The molecule has 1 amide bonds. The molecule has 0 aliphatic carbocycles. The number of benzene rings is 3. The average molecular weight is 894 g/mol. The second kappa shape index (κ2) is 16.3. The van der Waals surface area contributed by atoms with Crippen LogP contribution < -0.4 is 11.2 Å². The zero-order valence-corrected chi connectivity index (χ0v) is 37.3. The lowest BCUT2D eigenvalue weighted by molar-refractivity contribution is -0.173. The molecule has 4 N–H and O–H groups in total. The third-order valence-corrected chi connectivity index (χ3v) is 13.9. The van der Waals surface area contributed by atoms with E-state index >= 15 is 0 Å². The number of aryl methyl sites for hydroxylation is 2. The number of fused-ring (bicyclic) bond motifs is 6. The van der Waals surface area contributed by atoms with Crippen molar-refractivity contribution in [3.63, 3.8) is 0 Å². The highest BCUT2D eigenvalue weighted by atomic mass is 16.6. The SMILES string of the molecule is CCc1c2c(nc3ccc(O)cc13)-c1cc3c(c(=O)n1C2)COC(=O)C3(CC)OC(=O)N1CCC(CCCn2ccc3cc(-n4c(-c5cc(C(C)C)c(O)cc5O)n[nH]c4=O)ccc32)CC1. The van der Waals surface area contributed by atoms with Crippen LogP contribution in [0.5, 0.6) is 17.2 Å². The molecule has 3 aliphatic heterocycles. The van der Waals surface area contributed by atoms with Crippen LogP contribution in [0.2, 0.25) is 0 Å². The zero-order valence-electron chi connectivity index (χ0n) is 37.3. The Kier molecular flexibility index (Phi) is 10.5. The number of piperidine rings is 1. The maximum absolute atomic E-state index is 14.2. The fourth-order valence-electron chi connectivity index (χ4n) is 10.4. The van der Waals surface area contributed by atoms with Gasteiger partial charge in [0.15, 0.2) is 5.82 Å². The van der Waals surface area contributed by atoms with Gasteiger partial charge in [0.05, 0.1) is 40.3 Å². The Hall–Kier alpha value is -7.36. The molecule has 1 atom stereocenters. The molecule has 7 aromatic rings. The molecule has 3 aromatic carbocycles. The van der Waals surface area contributed by atoms with Crippen LogP contribution in [0.3, 0.4) is 0 Å². The minimum Gasteiger partial charge on any atom is -0.508 e. The number of carbonyl (C=O) groups excluding carboxylic acids is 2. The Balaban J connectivity index is 0.804. The van der Waals surface area contributed by atoms with Gasteiger partial charge >= 0.3 is 17.8 Å². The predicted molar refractivity (Wildman–Crippen MR) is 246 cm³/mol. The summed E-state index contributed by atoms with van der Waals surface area (Å²) < 4.78 is 17.0. The van der Waals surface area contributed by atoms with Crippen molar-refractivity contribution in [2.75, 3.05) is 13.1 Å². The molecule has 66 heavy (non-hydrogen) atoms. The van der Waals surface area contributed by atoms with E-state index in [9.17, 15) is 34.5 Å². The summed E-state index contributed by atoms with van der Waals surface area (Å²) in [5.74, 6) is -0.192. The molecule has 7 heterocycles. The summed E-state index contributed by atoms with van der Waals surface area (Å²) in [7, 11) is 0. The highest BCUT2D eigenvalue weighted by molar-refractivity contribution is 5.91. The number of pyridine rings is 2. The minimum absolute atomic E-state index is 0.0227. The number of phenolic OH excluding ortho intramolecular Hbond substituents is 3. The Bertz CT molecular complexity index is 3240. The monoisotopic (exact) mass is 893 g/mol. The standard InChI is InChI=1S/C50H51N7O9/c1-5-32-34-21-31(58)10-11-39(34)51-44-36(32)25-56-41(44)23-38-37(46(56)61)26-65-47(62)50(38,6-2)66-49(64)55-17-13-28(14-18-55)8-7-16-54-19-15-29-20-30(9-12-40(29)54)57-45(52-53-48(57)63)35-22-33(27(3)4)42(59)24-43(35)60/h9-12,15,19-24,27-28,58-60H,5-8,13-14,16-18,25-26H2,1-4H3,(H,53,63). The Labute approximate surface area is 378 Å². The Morgan fingerprint density at radius 2 is 1.77 bits per heavy atom. The number of amides is 1. The van der Waals surface area contributed by atoms with Crippen LogP contribution in [0.25, 0.3) is 50.3 Å². The fourth-order valence-corrected chi connectivity index (χ4v) is 10.4. The molecule has 340 valence electrons. The van der Waals surface area contributed by atoms with Crippen LogP contribution in [0.4, 0.5) is 4.79 Å². The molecule has 16 heteroatoms. The van der Waals surface area contributed by atoms with Crippen molar-refractivity contribution >= 4 is 33.9 Å². The lowest BCUT2D eigenvalue weighted by Crippen LogP contribution is -2.50. The molecule has 0 spiro atoms. The van der Waals surface area contributed by atoms with Crippen molar-refractivity contribution in [3.8, 4) is 45.7 Å². The molecule has 4 aromatic heterocycles. The van der Waals surface area contributed by atoms with Gasteiger partial charge in [0.2, 0.25) is 5.60 Å². The molecule has 0 bridgehead atoms. The Morgan fingerprint density at radius 1 is 0.970 bits per heavy atom. The number of nitrogens with zero attached hydrogens (tertiary/aromatic N) is 6. The number of phenols is 3. The third-order valence-electron chi connectivity index (χ3n) is 13.9. The van der Waals surface area contributed by atoms with E-state index in [-0.39, 0.29) is 59.7 Å². The van der Waals surface area contributed by atoms with Crippen LogP contribution in [-0.2, 0) is 46.0 Å². The summed E-state index contributed by atoms with van der Waals surface area (Å²) in [6.07, 6.45) is 5.52. The lowest BCUT2D eigenvalue weighted by Gasteiger charge is -2.38. The van der Waals surface area contributed by atoms with Crippen molar-refractivity contribution in [2.24, 2.45) is 5.92 Å². The van der Waals surface area contributed by atoms with Crippen molar-refractivity contribution in [3.05, 3.63) is 116 Å². The highest BCUT2D eigenvalue weighted by Gasteiger charge is 2.51. The first-order valence-corrected chi connectivity index (χ1v) is 22.7. The van der Waals surface area contributed by atoms with Crippen molar-refractivity contribution in [1.82, 2.24) is 33.8 Å². The van der Waals surface area contributed by atoms with Gasteiger partial charge in [-0.2, -0.15) is 5.10 Å². The van der Waals surface area contributed by atoms with Crippen molar-refractivity contribution in [1.29, 1.82) is 0 Å². The van der Waals surface area contributed by atoms with E-state index in [2.05, 4.69) is 14.8 Å². The van der Waals surface area contributed by atoms with E-state index in [0.29, 0.717) is 64.7 Å². The number of hydrogen-bond donors (Lipinski definition) is 4. The number of aromatic hydroxyl groups is 3. The minimum atomic E-state index is -1.81. The van der Waals surface area contributed by atoms with Crippen molar-refractivity contribution < 1.29 is 34.4 Å². The summed E-state index contributed by atoms with van der Waals surface area (Å²) in [6.45, 7) is 9.39. The highest BCUT2D eigenvalue weighted by Crippen LogP contribution is 2.43. The average Bonchev–Trinajstić information content (AvgIpc) is 4.01. The topological polar surface area (TPSA) is 207 Å². The number of esters is 1. The number of aromatic nitrogens is 6. The first-order chi connectivity index (χ1) is 31.8. The summed E-state index contributed by atoms with van der Waals surface area (Å²) in [4.78, 5) is 61.5. The summed E-state index contributed by atoms with van der Waals surface area (Å²) in [5.41, 5.74) is 4.32. The molecule has 1 saturated heterocycles. The number of hydrogen-bond acceptors (Lipinski definition) is 11. The lowest BCUT2D eigenvalue weighted by atomic mass is 9.85. The molecular formula is C50H51N7O9. The number of nitrogens with one attached hydrogen (secondary N) is 1. The molecule has 16 nitrogen and oxygen atoms in total. The van der Waals surface area contributed by atoms with Crippen molar-refractivity contribution in [2.45, 2.75) is 97.4 Å². The number of cyclic esters (lactones) is 1. The van der Waals surface area contributed by atoms with Gasteiger partial charge in [-0.1, -0.05) is 27.7 Å². The van der Waals surface area contributed by atoms with Crippen LogP contribution in [0, 0.1) is 5.92 Å². The van der Waals surface area contributed by atoms with Gasteiger partial charge in [-0.15, -0.1) is 0 Å². The fraction of sp³-hybridized carbons (Fsp3) is 0.360. The second-order valence-corrected chi connectivity index (χ2v) is 18.0. The maximum atomic E-state index is 14.2. The maximum Gasteiger partial charge on any atom is 0.411 e. The van der Waals surface area contributed by atoms with Gasteiger partial charge in [-0.25, -0.2) is 29.0 Å².